The van der Waals surface area contributed by atoms with Crippen LogP contribution in [0.15, 0.2) is 73.1 Å². The molecule has 2 aliphatic heterocycles. The van der Waals surface area contributed by atoms with Gasteiger partial charge in [-0.1, -0.05) is 58.5 Å². The molecule has 0 bridgehead atoms. The number of aromatic amines is 1. The second kappa shape index (κ2) is 24.1. The lowest BCUT2D eigenvalue weighted by Crippen LogP contribution is -2.50. The highest BCUT2D eigenvalue weighted by atomic mass is 35.5. The van der Waals surface area contributed by atoms with Gasteiger partial charge in [0.05, 0.1) is 67.5 Å². The third-order valence-corrected chi connectivity index (χ3v) is 12.5. The summed E-state index contributed by atoms with van der Waals surface area (Å²) >= 11 is 30.0. The van der Waals surface area contributed by atoms with E-state index in [-0.39, 0.29) is 40.1 Å². The van der Waals surface area contributed by atoms with Gasteiger partial charge in [0.25, 0.3) is 0 Å². The lowest BCUT2D eigenvalue weighted by Gasteiger charge is -2.36. The molecule has 0 saturated carbocycles. The number of anilines is 2. The number of amides is 2. The summed E-state index contributed by atoms with van der Waals surface area (Å²) in [6.45, 7) is 12.4. The van der Waals surface area contributed by atoms with Crippen molar-refractivity contribution in [1.29, 1.82) is 0 Å². The van der Waals surface area contributed by atoms with E-state index in [1.807, 2.05) is 73.9 Å². The molecule has 0 radical (unpaired) electrons. The van der Waals surface area contributed by atoms with Crippen LogP contribution in [-0.2, 0) is 16.1 Å². The van der Waals surface area contributed by atoms with E-state index in [4.69, 9.17) is 67.5 Å². The normalized spacial score (nSPS) is 13.7. The molecule has 2 saturated heterocycles. The molecule has 0 aliphatic carbocycles. The number of benzene rings is 2. The van der Waals surface area contributed by atoms with E-state index in [1.54, 1.807) is 39.0 Å². The molecule has 0 atom stereocenters. The molecule has 67 heavy (non-hydrogen) atoms. The van der Waals surface area contributed by atoms with Crippen LogP contribution >= 0.6 is 58.0 Å². The Kier molecular flexibility index (Phi) is 18.3. The highest BCUT2D eigenvalue weighted by molar-refractivity contribution is 6.34. The van der Waals surface area contributed by atoms with Crippen molar-refractivity contribution in [2.75, 3.05) is 81.3 Å². The summed E-state index contributed by atoms with van der Waals surface area (Å²) in [5.74, 6) is -0.0747. The molecule has 0 unspecified atom stereocenters. The minimum absolute atomic E-state index is 0.0240. The van der Waals surface area contributed by atoms with Gasteiger partial charge < -0.3 is 29.1 Å². The lowest BCUT2D eigenvalue weighted by atomic mass is 10.2. The van der Waals surface area contributed by atoms with Crippen molar-refractivity contribution in [2.45, 2.75) is 34.2 Å². The number of alkyl halides is 1. The number of nitrogens with zero attached hydrogens (tertiary/aromatic N) is 9. The number of halogens is 7. The number of aromatic nitrogens is 6. The first kappa shape index (κ1) is 51.0. The molecule has 6 heterocycles. The van der Waals surface area contributed by atoms with E-state index in [0.29, 0.717) is 121 Å². The summed E-state index contributed by atoms with van der Waals surface area (Å²) in [6, 6.07) is 16.9. The topological polar surface area (TPSA) is 138 Å². The summed E-state index contributed by atoms with van der Waals surface area (Å²) in [6.07, 6.45) is 3.39. The Hall–Kier alpha value is -5.39. The number of carbonyl (C=O) groups excluding carboxylic acids is 2. The van der Waals surface area contributed by atoms with Crippen molar-refractivity contribution in [3.05, 3.63) is 116 Å². The first-order valence-electron chi connectivity index (χ1n) is 21.4. The van der Waals surface area contributed by atoms with Crippen molar-refractivity contribution in [1.82, 2.24) is 39.7 Å². The Labute approximate surface area is 412 Å². The molecule has 8 rings (SSSR count). The number of hydrogen-bond donors (Lipinski definition) is 1. The van der Waals surface area contributed by atoms with Crippen LogP contribution < -0.4 is 19.3 Å². The van der Waals surface area contributed by atoms with Crippen molar-refractivity contribution < 1.29 is 27.8 Å². The molecule has 356 valence electrons. The molecule has 6 aromatic rings. The molecule has 2 fully saturated rings. The first-order chi connectivity index (χ1) is 32.2. The maximum atomic E-state index is 14.5. The van der Waals surface area contributed by atoms with Gasteiger partial charge in [0.2, 0.25) is 11.8 Å². The van der Waals surface area contributed by atoms with E-state index in [9.17, 15) is 18.4 Å². The summed E-state index contributed by atoms with van der Waals surface area (Å²) < 4.78 is 41.1. The maximum Gasteiger partial charge on any atom is 0.244 e. The molecule has 21 heteroatoms. The van der Waals surface area contributed by atoms with E-state index in [2.05, 4.69) is 25.3 Å². The molecule has 4 aromatic heterocycles. The highest BCUT2D eigenvalue weighted by Gasteiger charge is 2.27. The molecular formula is C46H49Cl5F2N10O4. The van der Waals surface area contributed by atoms with Crippen molar-refractivity contribution in [2.24, 2.45) is 0 Å². The summed E-state index contributed by atoms with van der Waals surface area (Å²) in [5.41, 5.74) is 5.14. The maximum absolute atomic E-state index is 14.5. The quantitative estimate of drug-likeness (QED) is 0.125. The third kappa shape index (κ3) is 12.8. The van der Waals surface area contributed by atoms with Crippen molar-refractivity contribution in [3.63, 3.8) is 0 Å². The predicted octanol–water partition coefficient (Wildman–Crippen LogP) is 9.65. The zero-order chi connectivity index (χ0) is 48.2. The van der Waals surface area contributed by atoms with Crippen LogP contribution in [0.1, 0.15) is 25.2 Å². The number of ether oxygens (including phenoxy) is 2. The van der Waals surface area contributed by atoms with Crippen LogP contribution in [0.5, 0.6) is 11.5 Å². The van der Waals surface area contributed by atoms with Crippen LogP contribution in [0.3, 0.4) is 0 Å². The SMILES string of the molecule is CCOc1cc(N2CCN(C(=O)CCl)CC2)c(F)cc1Cl.CCOc1cc(N2CCN(C(=O)Cn3nc(-c4ccccn4)c(Cl)c3C)CC2)c(F)cc1Cl.Cc1[nH]nc(-c2ccccn2)c1Cl. The fraction of sp³-hybridized carbons (Fsp3) is 0.348. The number of hydrogen-bond acceptors (Lipinski definition) is 10. The molecule has 2 amide bonds. The average molecular weight is 1020 g/mol. The van der Waals surface area contributed by atoms with Gasteiger partial charge in [-0.25, -0.2) is 8.78 Å². The van der Waals surface area contributed by atoms with Crippen molar-refractivity contribution >= 4 is 81.2 Å². The summed E-state index contributed by atoms with van der Waals surface area (Å²) in [7, 11) is 0. The summed E-state index contributed by atoms with van der Waals surface area (Å²) in [5, 5.41) is 13.0. The number of nitrogens with one attached hydrogen (secondary N) is 1. The Morgan fingerprint density at radius 3 is 1.57 bits per heavy atom. The van der Waals surface area contributed by atoms with Crippen LogP contribution in [0.4, 0.5) is 20.2 Å². The van der Waals surface area contributed by atoms with Gasteiger partial charge in [-0.05, 0) is 64.1 Å². The summed E-state index contributed by atoms with van der Waals surface area (Å²) in [4.78, 5) is 40.1. The number of aryl methyl sites for hydroxylation is 1. The fourth-order valence-electron chi connectivity index (χ4n) is 7.19. The van der Waals surface area contributed by atoms with Gasteiger partial charge in [0.1, 0.15) is 46.9 Å². The van der Waals surface area contributed by atoms with Gasteiger partial charge in [-0.3, -0.25) is 29.3 Å². The number of carbonyl (C=O) groups is 2. The molecule has 2 aromatic carbocycles. The van der Waals surface area contributed by atoms with Crippen LogP contribution in [-0.4, -0.2) is 123 Å². The van der Waals surface area contributed by atoms with Gasteiger partial charge in [-0.15, -0.1) is 11.6 Å². The van der Waals surface area contributed by atoms with Gasteiger partial charge in [0, 0.05) is 76.9 Å². The smallest absolute Gasteiger partial charge is 0.244 e. The minimum Gasteiger partial charge on any atom is -0.492 e. The highest BCUT2D eigenvalue weighted by Crippen LogP contribution is 2.35. The van der Waals surface area contributed by atoms with E-state index in [0.717, 1.165) is 11.4 Å². The third-order valence-electron chi connectivity index (χ3n) is 10.8. The van der Waals surface area contributed by atoms with Gasteiger partial charge in [0.15, 0.2) is 0 Å². The number of pyridine rings is 2. The first-order valence-corrected chi connectivity index (χ1v) is 23.4. The number of piperazine rings is 2. The Morgan fingerprint density at radius 1 is 0.672 bits per heavy atom. The van der Waals surface area contributed by atoms with E-state index >= 15 is 0 Å². The zero-order valence-electron chi connectivity index (χ0n) is 37.2. The van der Waals surface area contributed by atoms with Crippen LogP contribution in [0, 0.1) is 25.5 Å². The molecule has 2 aliphatic rings. The molecule has 0 spiro atoms. The second-order valence-electron chi connectivity index (χ2n) is 15.1. The van der Waals surface area contributed by atoms with Gasteiger partial charge in [-0.2, -0.15) is 10.2 Å². The van der Waals surface area contributed by atoms with E-state index in [1.165, 1.54) is 12.1 Å². The zero-order valence-corrected chi connectivity index (χ0v) is 41.0. The lowest BCUT2D eigenvalue weighted by molar-refractivity contribution is -0.132. The predicted molar refractivity (Wildman–Crippen MR) is 260 cm³/mol. The van der Waals surface area contributed by atoms with Crippen LogP contribution in [0.2, 0.25) is 20.1 Å². The number of H-pyrrole nitrogens is 1. The Morgan fingerprint density at radius 2 is 1.15 bits per heavy atom. The van der Waals surface area contributed by atoms with Crippen LogP contribution in [0.25, 0.3) is 22.8 Å². The minimum atomic E-state index is -0.410. The van der Waals surface area contributed by atoms with Crippen molar-refractivity contribution in [3.8, 4) is 34.3 Å². The molecule has 14 nitrogen and oxygen atoms in total. The Bertz CT molecular complexity index is 2610. The number of rotatable bonds is 11. The second-order valence-corrected chi connectivity index (χ2v) is 16.9. The monoisotopic (exact) mass is 1020 g/mol. The Balaban J connectivity index is 0.000000185. The average Bonchev–Trinajstić information content (AvgIpc) is 3.83. The standard InChI is InChI=1S/C23H24Cl2FN5O2.C14H17Cl2FN2O2.C9H8ClN3/c1-3-33-20-13-19(17(26)12-16(20)24)29-8-10-30(11-9-29)21(32)14-31-15(2)22(25)23(28-31)18-6-4-5-7-27-18;1-2-21-13-8-12(11(17)7-10(13)16)18-3-5-19(6-4-18)14(20)9-15;1-6-8(10)9(13-12-6)7-4-2-3-5-11-7/h4-7,12-13H,3,8-11,14H2,1-2H3;7-8H,2-6,9H2,1H3;2-5H,1H3,(H,12,13). The molecular weight excluding hydrogens is 972 g/mol. The fourth-order valence-corrected chi connectivity index (χ4v) is 8.18. The van der Waals surface area contributed by atoms with Gasteiger partial charge >= 0.3 is 0 Å². The molecule has 1 N–H and O–H groups in total. The van der Waals surface area contributed by atoms with E-state index < -0.39 is 5.82 Å². The largest absolute Gasteiger partial charge is 0.492 e.